The zero-order valence-electron chi connectivity index (χ0n) is 10.1. The van der Waals surface area contributed by atoms with Crippen LogP contribution in [0.1, 0.15) is 21.7 Å². The Bertz CT molecular complexity index is 622. The maximum absolute atomic E-state index is 11.8. The normalized spacial score (nSPS) is 16.9. The van der Waals surface area contributed by atoms with Gasteiger partial charge in [-0.05, 0) is 18.9 Å². The average Bonchev–Trinajstić information content (AvgIpc) is 2.52. The second kappa shape index (κ2) is 4.55. The first-order valence-corrected chi connectivity index (χ1v) is 8.40. The molecule has 2 heterocycles. The van der Waals surface area contributed by atoms with Crippen molar-refractivity contribution in [3.8, 4) is 5.75 Å². The number of aryl methyl sites for hydroxylation is 2. The molecule has 0 atom stereocenters. The van der Waals surface area contributed by atoms with Gasteiger partial charge in [0.1, 0.15) is 16.4 Å². The maximum Gasteiger partial charge on any atom is 0.188 e. The minimum atomic E-state index is -3.62. The highest BCUT2D eigenvalue weighted by molar-refractivity contribution is 7.98. The van der Waals surface area contributed by atoms with E-state index in [9.17, 15) is 18.3 Å². The van der Waals surface area contributed by atoms with Crippen LogP contribution in [0.25, 0.3) is 0 Å². The summed E-state index contributed by atoms with van der Waals surface area (Å²) in [4.78, 5) is 15.7. The lowest BCUT2D eigenvalue weighted by Gasteiger charge is -2.09. The number of hydrogen-bond acceptors (Lipinski definition) is 6. The smallest absolute Gasteiger partial charge is 0.188 e. The second-order valence-electron chi connectivity index (χ2n) is 4.12. The van der Waals surface area contributed by atoms with Crippen molar-refractivity contribution in [2.75, 3.05) is 17.8 Å². The van der Waals surface area contributed by atoms with E-state index in [4.69, 9.17) is 0 Å². The Hall–Kier alpha value is -1.08. The van der Waals surface area contributed by atoms with Crippen LogP contribution in [-0.2, 0) is 16.3 Å². The highest BCUT2D eigenvalue weighted by atomic mass is 32.2. The van der Waals surface area contributed by atoms with E-state index in [0.29, 0.717) is 17.8 Å². The summed E-state index contributed by atoms with van der Waals surface area (Å²) in [6, 6.07) is 0. The molecule has 1 aromatic heterocycles. The molecule has 7 heteroatoms. The van der Waals surface area contributed by atoms with E-state index < -0.39 is 21.4 Å². The van der Waals surface area contributed by atoms with Crippen molar-refractivity contribution >= 4 is 27.4 Å². The number of pyridine rings is 1. The third kappa shape index (κ3) is 2.01. The van der Waals surface area contributed by atoms with Gasteiger partial charge in [-0.25, -0.2) is 8.42 Å². The van der Waals surface area contributed by atoms with Gasteiger partial charge in [-0.1, -0.05) is 0 Å². The van der Waals surface area contributed by atoms with Gasteiger partial charge in [0.05, 0.1) is 17.0 Å². The minimum Gasteiger partial charge on any atom is -0.505 e. The number of fused-ring (bicyclic) bond motifs is 1. The molecule has 0 bridgehead atoms. The molecule has 5 nitrogen and oxygen atoms in total. The number of nitrogens with zero attached hydrogens (tertiary/aromatic N) is 1. The van der Waals surface area contributed by atoms with Crippen molar-refractivity contribution in [3.63, 3.8) is 0 Å². The molecule has 98 valence electrons. The molecule has 0 aliphatic carbocycles. The molecule has 2 rings (SSSR count). The summed E-state index contributed by atoms with van der Waals surface area (Å²) in [6.07, 6.45) is 2.43. The van der Waals surface area contributed by atoms with Crippen molar-refractivity contribution in [3.05, 3.63) is 17.0 Å². The van der Waals surface area contributed by atoms with Crippen molar-refractivity contribution in [2.24, 2.45) is 0 Å². The number of hydrogen-bond donors (Lipinski definition) is 1. The maximum atomic E-state index is 11.8. The monoisotopic (exact) mass is 287 g/mol. The Balaban J connectivity index is 2.65. The van der Waals surface area contributed by atoms with E-state index in [-0.39, 0.29) is 16.2 Å². The van der Waals surface area contributed by atoms with E-state index in [0.717, 1.165) is 5.75 Å². The molecule has 0 aromatic carbocycles. The topological polar surface area (TPSA) is 84.3 Å². The molecular weight excluding hydrogens is 274 g/mol. The molecule has 1 aliphatic heterocycles. The van der Waals surface area contributed by atoms with Crippen LogP contribution in [0.5, 0.6) is 5.75 Å². The van der Waals surface area contributed by atoms with Gasteiger partial charge in [0, 0.05) is 6.42 Å². The highest BCUT2D eigenvalue weighted by Crippen LogP contribution is 2.36. The summed E-state index contributed by atoms with van der Waals surface area (Å²) in [7, 11) is -3.62. The van der Waals surface area contributed by atoms with E-state index in [1.54, 1.807) is 18.7 Å². The summed E-state index contributed by atoms with van der Waals surface area (Å²) < 4.78 is 23.6. The van der Waals surface area contributed by atoms with Crippen LogP contribution in [0, 0.1) is 6.92 Å². The van der Waals surface area contributed by atoms with E-state index in [1.807, 2.05) is 6.26 Å². The van der Waals surface area contributed by atoms with Crippen molar-refractivity contribution in [1.82, 2.24) is 4.98 Å². The molecule has 18 heavy (non-hydrogen) atoms. The van der Waals surface area contributed by atoms with Gasteiger partial charge in [-0.2, -0.15) is 11.8 Å². The van der Waals surface area contributed by atoms with Crippen molar-refractivity contribution in [2.45, 2.75) is 18.2 Å². The van der Waals surface area contributed by atoms with Crippen LogP contribution in [0.15, 0.2) is 4.90 Å². The zero-order valence-corrected chi connectivity index (χ0v) is 11.7. The molecule has 0 saturated heterocycles. The number of Topliss-reactive ketones (excluding diaryl/α,β-unsaturated/α-hetero) is 1. The van der Waals surface area contributed by atoms with Gasteiger partial charge >= 0.3 is 0 Å². The summed E-state index contributed by atoms with van der Waals surface area (Å²) in [5, 5.41) is 10.0. The standard InChI is InChI=1S/C11H13NO4S2/c1-6-11-9(8(13)5-18(11,15)16)10(14)7(12-6)3-4-17-2/h14H,3-5H2,1-2H3. The number of carbonyl (C=O) groups excluding carboxylic acids is 1. The van der Waals surface area contributed by atoms with Crippen molar-refractivity contribution in [1.29, 1.82) is 0 Å². The summed E-state index contributed by atoms with van der Waals surface area (Å²) in [5.41, 5.74) is 0.620. The third-order valence-corrected chi connectivity index (χ3v) is 5.20. The fourth-order valence-corrected chi connectivity index (χ4v) is 4.12. The van der Waals surface area contributed by atoms with Crippen LogP contribution >= 0.6 is 11.8 Å². The first kappa shape index (κ1) is 13.4. The van der Waals surface area contributed by atoms with E-state index in [2.05, 4.69) is 4.98 Å². The lowest BCUT2D eigenvalue weighted by molar-refractivity contribution is 0.102. The average molecular weight is 287 g/mol. The molecular formula is C11H13NO4S2. The fraction of sp³-hybridized carbons (Fsp3) is 0.455. The van der Waals surface area contributed by atoms with Gasteiger partial charge in [0.2, 0.25) is 0 Å². The van der Waals surface area contributed by atoms with E-state index in [1.165, 1.54) is 0 Å². The highest BCUT2D eigenvalue weighted by Gasteiger charge is 2.39. The SMILES string of the molecule is CSCCc1nc(C)c2c(c1O)C(=O)CS2(=O)=O. The Morgan fingerprint density at radius 1 is 1.44 bits per heavy atom. The Labute approximate surface area is 110 Å². The molecule has 0 amide bonds. The Morgan fingerprint density at radius 3 is 2.72 bits per heavy atom. The number of carbonyl (C=O) groups is 1. The first-order valence-electron chi connectivity index (χ1n) is 5.36. The third-order valence-electron chi connectivity index (χ3n) is 2.82. The zero-order chi connectivity index (χ0) is 13.5. The number of aromatic nitrogens is 1. The number of thioether (sulfide) groups is 1. The molecule has 1 aliphatic rings. The number of sulfone groups is 1. The molecule has 0 radical (unpaired) electrons. The lowest BCUT2D eigenvalue weighted by Crippen LogP contribution is -2.05. The van der Waals surface area contributed by atoms with Gasteiger partial charge in [-0.3, -0.25) is 9.78 Å². The number of rotatable bonds is 3. The molecule has 1 aromatic rings. The van der Waals surface area contributed by atoms with E-state index >= 15 is 0 Å². The largest absolute Gasteiger partial charge is 0.505 e. The summed E-state index contributed by atoms with van der Waals surface area (Å²) >= 11 is 1.59. The van der Waals surface area contributed by atoms with Crippen LogP contribution in [0.4, 0.5) is 0 Å². The minimum absolute atomic E-state index is 0.0707. The first-order chi connectivity index (χ1) is 8.38. The predicted molar refractivity (Wildman–Crippen MR) is 69.1 cm³/mol. The molecule has 0 saturated carbocycles. The van der Waals surface area contributed by atoms with Crippen molar-refractivity contribution < 1.29 is 18.3 Å². The number of ketones is 1. The molecule has 0 unspecified atom stereocenters. The molecule has 1 N–H and O–H groups in total. The number of aromatic hydroxyl groups is 1. The Kier molecular flexibility index (Phi) is 3.37. The van der Waals surface area contributed by atoms with Crippen LogP contribution < -0.4 is 0 Å². The van der Waals surface area contributed by atoms with Gasteiger partial charge in [0.25, 0.3) is 0 Å². The van der Waals surface area contributed by atoms with Crippen LogP contribution in [0.2, 0.25) is 0 Å². The quantitative estimate of drug-likeness (QED) is 0.891. The van der Waals surface area contributed by atoms with Gasteiger partial charge in [0.15, 0.2) is 15.6 Å². The molecule has 0 spiro atoms. The summed E-state index contributed by atoms with van der Waals surface area (Å²) in [6.45, 7) is 1.55. The second-order valence-corrected chi connectivity index (χ2v) is 7.03. The molecule has 0 fully saturated rings. The van der Waals surface area contributed by atoms with Crippen LogP contribution in [-0.4, -0.2) is 42.1 Å². The summed E-state index contributed by atoms with van der Waals surface area (Å²) in [5.74, 6) is -0.626. The fourth-order valence-electron chi connectivity index (χ4n) is 2.07. The predicted octanol–water partition coefficient (Wildman–Crippen LogP) is 0.971. The Morgan fingerprint density at radius 2 is 2.11 bits per heavy atom. The lowest BCUT2D eigenvalue weighted by atomic mass is 10.1. The van der Waals surface area contributed by atoms with Crippen LogP contribution in [0.3, 0.4) is 0 Å². The van der Waals surface area contributed by atoms with Gasteiger partial charge in [-0.15, -0.1) is 0 Å². The van der Waals surface area contributed by atoms with Gasteiger partial charge < -0.3 is 5.11 Å².